The molecule has 0 aromatic heterocycles. The Labute approximate surface area is 235 Å². The van der Waals surface area contributed by atoms with Crippen molar-refractivity contribution in [3.05, 3.63) is 81.2 Å². The Morgan fingerprint density at radius 2 is 1.72 bits per heavy atom. The highest BCUT2D eigenvalue weighted by atomic mass is 127. The number of carbonyl (C=O) groups excluding carboxylic acids is 4. The molecule has 0 unspecified atom stereocenters. The van der Waals surface area contributed by atoms with Crippen LogP contribution >= 0.6 is 22.6 Å². The first-order chi connectivity index (χ1) is 18.7. The Bertz CT molecular complexity index is 1470. The normalized spacial score (nSPS) is 14.2. The minimum atomic E-state index is -0.873. The van der Waals surface area contributed by atoms with Crippen molar-refractivity contribution in [3.8, 4) is 17.2 Å². The summed E-state index contributed by atoms with van der Waals surface area (Å²) in [6.45, 7) is -0.357. The summed E-state index contributed by atoms with van der Waals surface area (Å²) in [6.07, 6.45) is 1.33. The molecule has 39 heavy (non-hydrogen) atoms. The average Bonchev–Trinajstić information content (AvgIpc) is 2.91. The number of amides is 5. The molecule has 4 rings (SSSR count). The number of nitrogens with zero attached hydrogens (tertiary/aromatic N) is 1. The number of hydrogen-bond donors (Lipinski definition) is 2. The highest BCUT2D eigenvalue weighted by Gasteiger charge is 2.37. The molecule has 2 N–H and O–H groups in total. The largest absolute Gasteiger partial charge is 0.497 e. The van der Waals surface area contributed by atoms with Crippen LogP contribution in [0.15, 0.2) is 66.2 Å². The molecule has 1 aliphatic heterocycles. The van der Waals surface area contributed by atoms with E-state index < -0.39 is 29.6 Å². The number of ether oxygens (including phenoxy) is 3. The lowest BCUT2D eigenvalue weighted by Gasteiger charge is -2.26. The Hall–Kier alpha value is -4.46. The second kappa shape index (κ2) is 11.9. The number of urea groups is 1. The van der Waals surface area contributed by atoms with Gasteiger partial charge in [0, 0.05) is 5.69 Å². The number of carbonyl (C=O) groups is 4. The minimum absolute atomic E-state index is 0.245. The van der Waals surface area contributed by atoms with Gasteiger partial charge in [0.2, 0.25) is 0 Å². The highest BCUT2D eigenvalue weighted by molar-refractivity contribution is 14.1. The first-order valence-electron chi connectivity index (χ1n) is 11.3. The predicted octanol–water partition coefficient (Wildman–Crippen LogP) is 4.13. The summed E-state index contributed by atoms with van der Waals surface area (Å²) in [7, 11) is 2.89. The second-order valence-corrected chi connectivity index (χ2v) is 9.20. The fraction of sp³-hybridized carbons (Fsp3) is 0.111. The third-order valence-corrected chi connectivity index (χ3v) is 6.27. The number of anilines is 2. The van der Waals surface area contributed by atoms with Gasteiger partial charge in [0.05, 0.1) is 23.5 Å². The van der Waals surface area contributed by atoms with Crippen LogP contribution in [0.5, 0.6) is 17.2 Å². The van der Waals surface area contributed by atoms with E-state index in [0.29, 0.717) is 20.6 Å². The van der Waals surface area contributed by atoms with Gasteiger partial charge in [0.15, 0.2) is 18.1 Å². The zero-order chi connectivity index (χ0) is 28.1. The molecule has 5 amide bonds. The Morgan fingerprint density at radius 3 is 2.36 bits per heavy atom. The molecule has 1 heterocycles. The molecule has 0 saturated carbocycles. The van der Waals surface area contributed by atoms with Crippen LogP contribution < -0.4 is 29.7 Å². The third-order valence-electron chi connectivity index (χ3n) is 5.47. The van der Waals surface area contributed by atoms with Crippen molar-refractivity contribution in [2.24, 2.45) is 0 Å². The summed E-state index contributed by atoms with van der Waals surface area (Å²) < 4.78 is 29.8. The maximum atomic E-state index is 13.2. The van der Waals surface area contributed by atoms with Gasteiger partial charge in [-0.2, -0.15) is 0 Å². The van der Waals surface area contributed by atoms with Gasteiger partial charge in [-0.25, -0.2) is 14.1 Å². The zero-order valence-electron chi connectivity index (χ0n) is 20.6. The van der Waals surface area contributed by atoms with E-state index in [2.05, 4.69) is 10.6 Å². The van der Waals surface area contributed by atoms with E-state index in [-0.39, 0.29) is 29.4 Å². The number of imide groups is 2. The van der Waals surface area contributed by atoms with Crippen LogP contribution in [0.1, 0.15) is 5.56 Å². The van der Waals surface area contributed by atoms with Crippen LogP contribution in [0.3, 0.4) is 0 Å². The van der Waals surface area contributed by atoms with Gasteiger partial charge in [-0.15, -0.1) is 0 Å². The fourth-order valence-electron chi connectivity index (χ4n) is 3.62. The second-order valence-electron chi connectivity index (χ2n) is 8.03. The molecule has 1 fully saturated rings. The summed E-state index contributed by atoms with van der Waals surface area (Å²) in [5, 5.41) is 4.77. The Balaban J connectivity index is 1.54. The van der Waals surface area contributed by atoms with Gasteiger partial charge >= 0.3 is 6.03 Å². The van der Waals surface area contributed by atoms with Crippen molar-refractivity contribution in [2.45, 2.75) is 0 Å². The minimum Gasteiger partial charge on any atom is -0.497 e. The number of rotatable bonds is 8. The van der Waals surface area contributed by atoms with Crippen molar-refractivity contribution in [1.29, 1.82) is 0 Å². The van der Waals surface area contributed by atoms with E-state index in [1.54, 1.807) is 18.2 Å². The molecular formula is C27H21FIN3O7. The number of methoxy groups -OCH3 is 2. The lowest BCUT2D eigenvalue weighted by molar-refractivity contribution is -0.122. The summed E-state index contributed by atoms with van der Waals surface area (Å²) >= 11 is 1.97. The topological polar surface area (TPSA) is 123 Å². The molecule has 3 aromatic rings. The molecule has 3 aromatic carbocycles. The zero-order valence-corrected chi connectivity index (χ0v) is 22.8. The molecule has 0 atom stereocenters. The number of halogens is 2. The van der Waals surface area contributed by atoms with Crippen molar-refractivity contribution < 1.29 is 37.8 Å². The first-order valence-corrected chi connectivity index (χ1v) is 12.4. The molecule has 10 nitrogen and oxygen atoms in total. The van der Waals surface area contributed by atoms with Gasteiger partial charge in [-0.3, -0.25) is 19.7 Å². The maximum Gasteiger partial charge on any atom is 0.335 e. The lowest BCUT2D eigenvalue weighted by Crippen LogP contribution is -2.54. The van der Waals surface area contributed by atoms with Crippen molar-refractivity contribution in [3.63, 3.8) is 0 Å². The van der Waals surface area contributed by atoms with E-state index in [1.807, 2.05) is 22.6 Å². The molecule has 0 aliphatic carbocycles. The maximum absolute atomic E-state index is 13.2. The SMILES string of the molecule is COc1ccc(N2C(=O)NC(=O)/C(=C\c3cc(I)c(OCC(=O)Nc4ccc(F)cc4)c(OC)c3)C2=O)cc1. The summed E-state index contributed by atoms with van der Waals surface area (Å²) in [5.41, 5.74) is 0.815. The number of benzene rings is 3. The quantitative estimate of drug-likeness (QED) is 0.215. The molecule has 1 saturated heterocycles. The van der Waals surface area contributed by atoms with E-state index in [1.165, 1.54) is 62.8 Å². The van der Waals surface area contributed by atoms with E-state index in [4.69, 9.17) is 14.2 Å². The molecule has 200 valence electrons. The van der Waals surface area contributed by atoms with Crippen molar-refractivity contribution >= 4 is 63.8 Å². The van der Waals surface area contributed by atoms with Crippen molar-refractivity contribution in [1.82, 2.24) is 5.32 Å². The number of barbiturate groups is 1. The van der Waals surface area contributed by atoms with Crippen molar-refractivity contribution in [2.75, 3.05) is 31.0 Å². The highest BCUT2D eigenvalue weighted by Crippen LogP contribution is 2.35. The van der Waals surface area contributed by atoms with E-state index in [9.17, 15) is 23.6 Å². The smallest absolute Gasteiger partial charge is 0.335 e. The summed E-state index contributed by atoms with van der Waals surface area (Å²) in [4.78, 5) is 51.3. The van der Waals surface area contributed by atoms with E-state index >= 15 is 0 Å². The van der Waals surface area contributed by atoms with Gasteiger partial charge in [-0.1, -0.05) is 0 Å². The molecule has 0 radical (unpaired) electrons. The third kappa shape index (κ3) is 6.34. The van der Waals surface area contributed by atoms with Crippen LogP contribution in [-0.4, -0.2) is 44.6 Å². The molecule has 1 aliphatic rings. The number of hydrogen-bond acceptors (Lipinski definition) is 7. The van der Waals surface area contributed by atoms with Crippen LogP contribution in [0.25, 0.3) is 6.08 Å². The predicted molar refractivity (Wildman–Crippen MR) is 148 cm³/mol. The fourth-order valence-corrected chi connectivity index (χ4v) is 4.40. The molecule has 0 spiro atoms. The molecule has 12 heteroatoms. The van der Waals surface area contributed by atoms with Crippen LogP contribution in [0, 0.1) is 9.39 Å². The van der Waals surface area contributed by atoms with Crippen LogP contribution in [-0.2, 0) is 14.4 Å². The standard InChI is InChI=1S/C27H21FIN3O7/c1-37-19-9-7-18(8-10-19)32-26(35)20(25(34)31-27(32)36)11-15-12-21(29)24(22(13-15)38-2)39-14-23(33)30-17-5-3-16(28)4-6-17/h3-13H,14H2,1-2H3,(H,30,33)(H,31,34,36)/b20-11+. The molecular weight excluding hydrogens is 624 g/mol. The average molecular weight is 645 g/mol. The van der Waals surface area contributed by atoms with E-state index in [0.717, 1.165) is 4.90 Å². The van der Waals surface area contributed by atoms with Gasteiger partial charge < -0.3 is 19.5 Å². The van der Waals surface area contributed by atoms with Crippen LogP contribution in [0.2, 0.25) is 0 Å². The number of nitrogens with one attached hydrogen (secondary N) is 2. The lowest BCUT2D eigenvalue weighted by atomic mass is 10.1. The molecule has 0 bridgehead atoms. The summed E-state index contributed by atoms with van der Waals surface area (Å²) in [6, 6.07) is 13.8. The summed E-state index contributed by atoms with van der Waals surface area (Å²) in [5.74, 6) is -1.50. The Kier molecular flexibility index (Phi) is 8.44. The van der Waals surface area contributed by atoms with Crippen LogP contribution in [0.4, 0.5) is 20.6 Å². The monoisotopic (exact) mass is 645 g/mol. The van der Waals surface area contributed by atoms with Gasteiger partial charge in [0.1, 0.15) is 17.1 Å². The first kappa shape index (κ1) is 27.6. The van der Waals surface area contributed by atoms with Gasteiger partial charge in [-0.05, 0) is 94.9 Å². The Morgan fingerprint density at radius 1 is 1.03 bits per heavy atom. The van der Waals surface area contributed by atoms with Gasteiger partial charge in [0.25, 0.3) is 17.7 Å².